The fraction of sp³-hybridized carbons (Fsp3) is 0.391. The zero-order valence-corrected chi connectivity index (χ0v) is 16.9. The van der Waals surface area contributed by atoms with Gasteiger partial charge in [0.05, 0.1) is 12.0 Å². The van der Waals surface area contributed by atoms with Crippen LogP contribution in [0.4, 0.5) is 11.4 Å². The molecule has 0 spiro atoms. The van der Waals surface area contributed by atoms with Gasteiger partial charge < -0.3 is 15.0 Å². The second-order valence-corrected chi connectivity index (χ2v) is 7.80. The van der Waals surface area contributed by atoms with Crippen LogP contribution < -0.4 is 15.0 Å². The monoisotopic (exact) mass is 380 g/mol. The minimum absolute atomic E-state index is 0.0326. The number of carbonyl (C=O) groups is 2. The van der Waals surface area contributed by atoms with Crippen molar-refractivity contribution in [3.8, 4) is 5.75 Å². The van der Waals surface area contributed by atoms with Gasteiger partial charge in [-0.05, 0) is 55.7 Å². The van der Waals surface area contributed by atoms with Crippen LogP contribution in [0.25, 0.3) is 0 Å². The normalized spacial score (nSPS) is 16.7. The van der Waals surface area contributed by atoms with Gasteiger partial charge in [-0.25, -0.2) is 0 Å². The third-order valence-electron chi connectivity index (χ3n) is 4.86. The molecule has 1 aliphatic heterocycles. The lowest BCUT2D eigenvalue weighted by atomic mass is 10.0. The summed E-state index contributed by atoms with van der Waals surface area (Å²) in [6, 6.07) is 15.3. The van der Waals surface area contributed by atoms with Gasteiger partial charge in [-0.3, -0.25) is 9.59 Å². The molecule has 3 rings (SSSR count). The number of nitrogens with zero attached hydrogens (tertiary/aromatic N) is 1. The highest BCUT2D eigenvalue weighted by Crippen LogP contribution is 2.29. The molecule has 0 saturated carbocycles. The lowest BCUT2D eigenvalue weighted by Crippen LogP contribution is -2.28. The summed E-state index contributed by atoms with van der Waals surface area (Å²) in [5.41, 5.74) is 2.71. The van der Waals surface area contributed by atoms with Crippen LogP contribution in [0, 0.1) is 5.92 Å². The van der Waals surface area contributed by atoms with Crippen LogP contribution in [-0.4, -0.2) is 24.5 Å². The predicted octanol–water partition coefficient (Wildman–Crippen LogP) is 4.59. The average Bonchev–Trinajstić information content (AvgIpc) is 3.04. The molecule has 148 valence electrons. The molecule has 0 unspecified atom stereocenters. The Bertz CT molecular complexity index is 843. The second kappa shape index (κ2) is 8.46. The molecule has 5 nitrogen and oxygen atoms in total. The number of rotatable bonds is 6. The van der Waals surface area contributed by atoms with Crippen molar-refractivity contribution in [2.75, 3.05) is 16.8 Å². The molecule has 5 heteroatoms. The Labute approximate surface area is 166 Å². The highest BCUT2D eigenvalue weighted by molar-refractivity contribution is 6.03. The summed E-state index contributed by atoms with van der Waals surface area (Å²) in [7, 11) is 0. The fourth-order valence-corrected chi connectivity index (χ4v) is 3.46. The lowest BCUT2D eigenvalue weighted by Gasteiger charge is -2.18. The molecule has 28 heavy (non-hydrogen) atoms. The molecule has 1 N–H and O–H groups in total. The molecular weight excluding hydrogens is 352 g/mol. The van der Waals surface area contributed by atoms with Crippen LogP contribution >= 0.6 is 0 Å². The number of hydrogen-bond donors (Lipinski definition) is 1. The van der Waals surface area contributed by atoms with Crippen molar-refractivity contribution in [1.29, 1.82) is 0 Å². The third-order valence-corrected chi connectivity index (χ3v) is 4.86. The number of amides is 2. The molecule has 1 aliphatic rings. The van der Waals surface area contributed by atoms with E-state index in [-0.39, 0.29) is 30.3 Å². The Kier molecular flexibility index (Phi) is 6.02. The van der Waals surface area contributed by atoms with Gasteiger partial charge in [-0.15, -0.1) is 0 Å². The second-order valence-electron chi connectivity index (χ2n) is 7.80. The van der Waals surface area contributed by atoms with Crippen molar-refractivity contribution in [1.82, 2.24) is 0 Å². The molecule has 0 aliphatic carbocycles. The van der Waals surface area contributed by atoms with Gasteiger partial charge in [0.25, 0.3) is 0 Å². The zero-order valence-electron chi connectivity index (χ0n) is 16.9. The van der Waals surface area contributed by atoms with E-state index in [2.05, 4.69) is 19.2 Å². The summed E-state index contributed by atoms with van der Waals surface area (Å²) in [4.78, 5) is 27.0. The molecule has 2 aromatic rings. The van der Waals surface area contributed by atoms with Gasteiger partial charge in [0.15, 0.2) is 0 Å². The molecule has 1 heterocycles. The summed E-state index contributed by atoms with van der Waals surface area (Å²) < 4.78 is 5.65. The molecule has 1 atom stereocenters. The van der Waals surface area contributed by atoms with E-state index in [1.54, 1.807) is 4.90 Å². The highest BCUT2D eigenvalue weighted by Gasteiger charge is 2.35. The zero-order chi connectivity index (χ0) is 20.3. The Morgan fingerprint density at radius 1 is 1.07 bits per heavy atom. The van der Waals surface area contributed by atoms with Crippen LogP contribution in [-0.2, 0) is 9.59 Å². The number of nitrogens with one attached hydrogen (secondary N) is 1. The average molecular weight is 380 g/mol. The maximum absolute atomic E-state index is 12.8. The van der Waals surface area contributed by atoms with Gasteiger partial charge in [-0.1, -0.05) is 32.0 Å². The van der Waals surface area contributed by atoms with Crippen molar-refractivity contribution >= 4 is 23.2 Å². The number of carbonyl (C=O) groups excluding carboxylic acids is 2. The quantitative estimate of drug-likeness (QED) is 0.797. The van der Waals surface area contributed by atoms with E-state index in [1.807, 2.05) is 62.4 Å². The van der Waals surface area contributed by atoms with Gasteiger partial charge in [-0.2, -0.15) is 0 Å². The van der Waals surface area contributed by atoms with E-state index in [1.165, 1.54) is 0 Å². The van der Waals surface area contributed by atoms with Crippen LogP contribution in [0.1, 0.15) is 45.6 Å². The van der Waals surface area contributed by atoms with Crippen molar-refractivity contribution in [2.45, 2.75) is 46.1 Å². The van der Waals surface area contributed by atoms with Crippen molar-refractivity contribution in [2.24, 2.45) is 5.92 Å². The first-order chi connectivity index (χ1) is 13.3. The number of ether oxygens (including phenoxy) is 1. The smallest absolute Gasteiger partial charge is 0.229 e. The van der Waals surface area contributed by atoms with E-state index in [0.29, 0.717) is 12.5 Å². The molecule has 1 fully saturated rings. The lowest BCUT2D eigenvalue weighted by molar-refractivity contribution is -0.122. The topological polar surface area (TPSA) is 58.6 Å². The van der Waals surface area contributed by atoms with Crippen molar-refractivity contribution < 1.29 is 14.3 Å². The number of para-hydroxylation sites is 1. The first-order valence-corrected chi connectivity index (χ1v) is 9.82. The van der Waals surface area contributed by atoms with Gasteiger partial charge in [0.2, 0.25) is 11.8 Å². The van der Waals surface area contributed by atoms with E-state index < -0.39 is 0 Å². The maximum Gasteiger partial charge on any atom is 0.229 e. The van der Waals surface area contributed by atoms with Gasteiger partial charge in [0.1, 0.15) is 5.75 Å². The summed E-state index contributed by atoms with van der Waals surface area (Å²) in [6.45, 7) is 8.52. The SMILES string of the molecule is CC(C)Oc1ccc(N2C[C@H](C(=O)Nc3ccccc3C(C)C)CC2=O)cc1. The molecular formula is C23H28N2O3. The Morgan fingerprint density at radius 3 is 2.39 bits per heavy atom. The molecule has 0 radical (unpaired) electrons. The summed E-state index contributed by atoms with van der Waals surface area (Å²) in [6.07, 6.45) is 0.320. The largest absolute Gasteiger partial charge is 0.491 e. The molecule has 1 saturated heterocycles. The standard InChI is InChI=1S/C23H28N2O3/c1-15(2)20-7-5-6-8-21(20)24-23(27)17-13-22(26)25(14-17)18-9-11-19(12-10-18)28-16(3)4/h5-12,15-17H,13-14H2,1-4H3,(H,24,27)/t17-/m1/s1. The molecule has 2 aromatic carbocycles. The number of benzene rings is 2. The molecule has 0 aromatic heterocycles. The minimum Gasteiger partial charge on any atom is -0.491 e. The number of anilines is 2. The van der Waals surface area contributed by atoms with E-state index >= 15 is 0 Å². The highest BCUT2D eigenvalue weighted by atomic mass is 16.5. The Hall–Kier alpha value is -2.82. The summed E-state index contributed by atoms with van der Waals surface area (Å²) in [5, 5.41) is 3.02. The molecule has 0 bridgehead atoms. The minimum atomic E-state index is -0.362. The van der Waals surface area contributed by atoms with Gasteiger partial charge in [0, 0.05) is 24.3 Å². The summed E-state index contributed by atoms with van der Waals surface area (Å²) in [5.74, 6) is 0.576. The maximum atomic E-state index is 12.8. The van der Waals surface area contributed by atoms with Crippen molar-refractivity contribution in [3.05, 3.63) is 54.1 Å². The van der Waals surface area contributed by atoms with E-state index in [0.717, 1.165) is 22.7 Å². The fourth-order valence-electron chi connectivity index (χ4n) is 3.46. The third kappa shape index (κ3) is 4.53. The van der Waals surface area contributed by atoms with Gasteiger partial charge >= 0.3 is 0 Å². The van der Waals surface area contributed by atoms with Crippen LogP contribution in [0.5, 0.6) is 5.75 Å². The van der Waals surface area contributed by atoms with Crippen LogP contribution in [0.3, 0.4) is 0 Å². The number of hydrogen-bond acceptors (Lipinski definition) is 3. The van der Waals surface area contributed by atoms with E-state index in [4.69, 9.17) is 4.74 Å². The van der Waals surface area contributed by atoms with Crippen LogP contribution in [0.15, 0.2) is 48.5 Å². The van der Waals surface area contributed by atoms with E-state index in [9.17, 15) is 9.59 Å². The first kappa shape index (κ1) is 19.9. The van der Waals surface area contributed by atoms with Crippen molar-refractivity contribution in [3.63, 3.8) is 0 Å². The summed E-state index contributed by atoms with van der Waals surface area (Å²) >= 11 is 0. The first-order valence-electron chi connectivity index (χ1n) is 9.82. The Morgan fingerprint density at radius 2 is 1.75 bits per heavy atom. The molecule has 2 amide bonds. The Balaban J connectivity index is 1.68. The predicted molar refractivity (Wildman–Crippen MR) is 112 cm³/mol. The van der Waals surface area contributed by atoms with Crippen LogP contribution in [0.2, 0.25) is 0 Å².